The molecule has 1 aromatic heterocycles. The highest BCUT2D eigenvalue weighted by molar-refractivity contribution is 9.10. The Hall–Kier alpha value is -1.62. The minimum absolute atomic E-state index is 0.0416. The van der Waals surface area contributed by atoms with Gasteiger partial charge in [-0.15, -0.1) is 0 Å². The molecule has 1 aromatic carbocycles. The maximum atomic E-state index is 12.2. The van der Waals surface area contributed by atoms with Crippen molar-refractivity contribution in [2.75, 3.05) is 6.54 Å². The Balaban J connectivity index is 1.39. The van der Waals surface area contributed by atoms with Crippen LogP contribution >= 0.6 is 15.9 Å². The average Bonchev–Trinajstić information content (AvgIpc) is 3.46. The van der Waals surface area contributed by atoms with E-state index >= 15 is 0 Å². The number of amides is 1. The van der Waals surface area contributed by atoms with Gasteiger partial charge in [-0.25, -0.2) is 0 Å². The molecule has 2 fully saturated rings. The summed E-state index contributed by atoms with van der Waals surface area (Å²) in [6.45, 7) is 1.35. The van der Waals surface area contributed by atoms with Crippen LogP contribution in [0, 0.1) is 0 Å². The second kappa shape index (κ2) is 6.11. The minimum Gasteiger partial charge on any atom is -0.350 e. The number of benzene rings is 1. The molecule has 2 saturated carbocycles. The van der Waals surface area contributed by atoms with Crippen molar-refractivity contribution in [3.8, 4) is 0 Å². The van der Waals surface area contributed by atoms with E-state index in [-0.39, 0.29) is 5.91 Å². The highest BCUT2D eigenvalue weighted by Gasteiger charge is 2.32. The molecule has 5 heteroatoms. The predicted octanol–water partition coefficient (Wildman–Crippen LogP) is 3.83. The Morgan fingerprint density at radius 1 is 1.22 bits per heavy atom. The van der Waals surface area contributed by atoms with Crippen molar-refractivity contribution in [2.24, 2.45) is 0 Å². The lowest BCUT2D eigenvalue weighted by molar-refractivity contribution is 0.0951. The Kier molecular flexibility index (Phi) is 3.97. The van der Waals surface area contributed by atoms with Gasteiger partial charge in [-0.2, -0.15) is 5.10 Å². The molecule has 23 heavy (non-hydrogen) atoms. The Morgan fingerprint density at radius 2 is 1.96 bits per heavy atom. The number of hydrogen-bond donors (Lipinski definition) is 1. The van der Waals surface area contributed by atoms with Gasteiger partial charge in [-0.05, 0) is 59.8 Å². The highest BCUT2D eigenvalue weighted by Crippen LogP contribution is 2.44. The van der Waals surface area contributed by atoms with Crippen LogP contribution in [0.5, 0.6) is 0 Å². The van der Waals surface area contributed by atoms with Crippen LogP contribution in [0.15, 0.2) is 34.8 Å². The van der Waals surface area contributed by atoms with Crippen molar-refractivity contribution in [3.05, 3.63) is 51.8 Å². The van der Waals surface area contributed by atoms with E-state index < -0.39 is 0 Å². The van der Waals surface area contributed by atoms with Crippen molar-refractivity contribution < 1.29 is 4.79 Å². The van der Waals surface area contributed by atoms with Crippen LogP contribution in [0.25, 0.3) is 0 Å². The average molecular weight is 374 g/mol. The Bertz CT molecular complexity index is 732. The summed E-state index contributed by atoms with van der Waals surface area (Å²) in [5.74, 6) is 1.33. The smallest absolute Gasteiger partial charge is 0.252 e. The van der Waals surface area contributed by atoms with E-state index in [0.717, 1.165) is 11.0 Å². The predicted molar refractivity (Wildman–Crippen MR) is 92.7 cm³/mol. The first-order chi connectivity index (χ1) is 11.2. The zero-order valence-corrected chi connectivity index (χ0v) is 14.6. The standard InChI is InChI=1S/C18H20BrN3O/c19-15-4-2-1-3-14(15)18(23)20-9-10-22-17(13-7-8-13)11-16(21-22)12-5-6-12/h1-4,11-13H,5-10H2,(H,20,23). The lowest BCUT2D eigenvalue weighted by Crippen LogP contribution is -2.28. The minimum atomic E-state index is -0.0416. The first kappa shape index (κ1) is 14.9. The monoisotopic (exact) mass is 373 g/mol. The molecule has 4 rings (SSSR count). The SMILES string of the molecule is O=C(NCCn1nc(C2CC2)cc1C1CC1)c1ccccc1Br. The molecule has 1 N–H and O–H groups in total. The number of carbonyl (C=O) groups is 1. The van der Waals surface area contributed by atoms with Gasteiger partial charge < -0.3 is 5.32 Å². The summed E-state index contributed by atoms with van der Waals surface area (Å²) in [4.78, 5) is 12.2. The summed E-state index contributed by atoms with van der Waals surface area (Å²) in [6.07, 6.45) is 5.11. The molecule has 120 valence electrons. The van der Waals surface area contributed by atoms with E-state index in [2.05, 4.69) is 32.0 Å². The van der Waals surface area contributed by atoms with E-state index in [9.17, 15) is 4.79 Å². The van der Waals surface area contributed by atoms with Crippen LogP contribution < -0.4 is 5.32 Å². The van der Waals surface area contributed by atoms with Crippen LogP contribution in [0.1, 0.15) is 59.3 Å². The Morgan fingerprint density at radius 3 is 2.65 bits per heavy atom. The van der Waals surface area contributed by atoms with E-state index in [0.29, 0.717) is 23.9 Å². The maximum Gasteiger partial charge on any atom is 0.252 e. The van der Waals surface area contributed by atoms with Gasteiger partial charge in [-0.1, -0.05) is 12.1 Å². The van der Waals surface area contributed by atoms with Crippen LogP contribution in [0.4, 0.5) is 0 Å². The quantitative estimate of drug-likeness (QED) is 0.836. The van der Waals surface area contributed by atoms with E-state index in [1.165, 1.54) is 37.1 Å². The molecule has 0 spiro atoms. The fourth-order valence-electron chi connectivity index (χ4n) is 2.93. The molecule has 2 aliphatic rings. The van der Waals surface area contributed by atoms with Crippen molar-refractivity contribution >= 4 is 21.8 Å². The zero-order chi connectivity index (χ0) is 15.8. The molecule has 0 radical (unpaired) electrons. The molecule has 0 bridgehead atoms. The molecule has 2 aliphatic carbocycles. The normalized spacial score (nSPS) is 17.3. The molecular formula is C18H20BrN3O. The van der Waals surface area contributed by atoms with Crippen molar-refractivity contribution in [2.45, 2.75) is 44.1 Å². The van der Waals surface area contributed by atoms with Crippen LogP contribution in [0.3, 0.4) is 0 Å². The second-order valence-electron chi connectivity index (χ2n) is 6.50. The van der Waals surface area contributed by atoms with Gasteiger partial charge >= 0.3 is 0 Å². The second-order valence-corrected chi connectivity index (χ2v) is 7.36. The van der Waals surface area contributed by atoms with Gasteiger partial charge in [0, 0.05) is 28.5 Å². The number of halogens is 1. The Labute approximate surface area is 144 Å². The summed E-state index contributed by atoms with van der Waals surface area (Å²) >= 11 is 3.42. The van der Waals surface area contributed by atoms with Crippen LogP contribution in [-0.2, 0) is 6.54 Å². The van der Waals surface area contributed by atoms with Gasteiger partial charge in [0.1, 0.15) is 0 Å². The van der Waals surface area contributed by atoms with Crippen LogP contribution in [0.2, 0.25) is 0 Å². The van der Waals surface area contributed by atoms with Gasteiger partial charge in [0.05, 0.1) is 17.8 Å². The molecule has 1 amide bonds. The van der Waals surface area contributed by atoms with Gasteiger partial charge in [0.25, 0.3) is 5.91 Å². The van der Waals surface area contributed by atoms with Gasteiger partial charge in [-0.3, -0.25) is 9.48 Å². The lowest BCUT2D eigenvalue weighted by Gasteiger charge is -2.09. The fraction of sp³-hybridized carbons (Fsp3) is 0.444. The van der Waals surface area contributed by atoms with Crippen molar-refractivity contribution in [3.63, 3.8) is 0 Å². The highest BCUT2D eigenvalue weighted by atomic mass is 79.9. The fourth-order valence-corrected chi connectivity index (χ4v) is 3.40. The third-order valence-electron chi connectivity index (χ3n) is 4.55. The maximum absolute atomic E-state index is 12.2. The molecule has 0 atom stereocenters. The molecule has 0 aliphatic heterocycles. The summed E-state index contributed by atoms with van der Waals surface area (Å²) in [7, 11) is 0. The number of carbonyl (C=O) groups excluding carboxylic acids is 1. The lowest BCUT2D eigenvalue weighted by atomic mass is 10.2. The third kappa shape index (κ3) is 3.34. The zero-order valence-electron chi connectivity index (χ0n) is 13.0. The molecule has 2 aromatic rings. The third-order valence-corrected chi connectivity index (χ3v) is 5.24. The number of aromatic nitrogens is 2. The first-order valence-electron chi connectivity index (χ1n) is 8.33. The molecular weight excluding hydrogens is 354 g/mol. The van der Waals surface area contributed by atoms with E-state index in [1.807, 2.05) is 24.3 Å². The number of hydrogen-bond acceptors (Lipinski definition) is 2. The van der Waals surface area contributed by atoms with Gasteiger partial charge in [0.15, 0.2) is 0 Å². The molecule has 0 unspecified atom stereocenters. The molecule has 4 nitrogen and oxygen atoms in total. The number of rotatable bonds is 6. The van der Waals surface area contributed by atoms with Crippen molar-refractivity contribution in [1.29, 1.82) is 0 Å². The van der Waals surface area contributed by atoms with E-state index in [4.69, 9.17) is 5.10 Å². The first-order valence-corrected chi connectivity index (χ1v) is 9.12. The van der Waals surface area contributed by atoms with Gasteiger partial charge in [0.2, 0.25) is 0 Å². The summed E-state index contributed by atoms with van der Waals surface area (Å²) in [5, 5.41) is 7.78. The topological polar surface area (TPSA) is 46.9 Å². The summed E-state index contributed by atoms with van der Waals surface area (Å²) in [5.41, 5.74) is 3.29. The van der Waals surface area contributed by atoms with Crippen molar-refractivity contribution in [1.82, 2.24) is 15.1 Å². The molecule has 1 heterocycles. The van der Waals surface area contributed by atoms with E-state index in [1.54, 1.807) is 0 Å². The summed E-state index contributed by atoms with van der Waals surface area (Å²) in [6, 6.07) is 9.79. The summed E-state index contributed by atoms with van der Waals surface area (Å²) < 4.78 is 2.94. The van der Waals surface area contributed by atoms with Crippen LogP contribution in [-0.4, -0.2) is 22.2 Å². The number of nitrogens with zero attached hydrogens (tertiary/aromatic N) is 2. The molecule has 0 saturated heterocycles. The largest absolute Gasteiger partial charge is 0.350 e. The number of nitrogens with one attached hydrogen (secondary N) is 1.